The van der Waals surface area contributed by atoms with E-state index < -0.39 is 0 Å². The third-order valence-electron chi connectivity index (χ3n) is 3.18. The molecule has 78 valence electrons. The van der Waals surface area contributed by atoms with E-state index >= 15 is 0 Å². The highest BCUT2D eigenvalue weighted by atomic mass is 16.2. The van der Waals surface area contributed by atoms with Crippen LogP contribution in [0.4, 0.5) is 0 Å². The van der Waals surface area contributed by atoms with E-state index in [0.29, 0.717) is 6.04 Å². The van der Waals surface area contributed by atoms with Crippen molar-refractivity contribution in [2.24, 2.45) is 0 Å². The molecule has 14 heavy (non-hydrogen) atoms. The fraction of sp³-hybridized carbons (Fsp3) is 0.800. The van der Waals surface area contributed by atoms with Gasteiger partial charge in [0.15, 0.2) is 0 Å². The van der Waals surface area contributed by atoms with Crippen LogP contribution in [-0.2, 0) is 9.59 Å². The summed E-state index contributed by atoms with van der Waals surface area (Å²) in [5.41, 5.74) is 0. The summed E-state index contributed by atoms with van der Waals surface area (Å²) >= 11 is 0. The van der Waals surface area contributed by atoms with Crippen LogP contribution in [0.3, 0.4) is 0 Å². The molecular weight excluding hydrogens is 180 g/mol. The molecule has 1 unspecified atom stereocenters. The van der Waals surface area contributed by atoms with Crippen molar-refractivity contribution in [3.8, 4) is 0 Å². The predicted octanol–water partition coefficient (Wildman–Crippen LogP) is -0.118. The lowest BCUT2D eigenvalue weighted by molar-refractivity contribution is -0.145. The van der Waals surface area contributed by atoms with Crippen LogP contribution < -0.4 is 0 Å². The van der Waals surface area contributed by atoms with Gasteiger partial charge in [0.05, 0.1) is 0 Å². The smallest absolute Gasteiger partial charge is 0.289 e. The van der Waals surface area contributed by atoms with E-state index in [1.54, 1.807) is 4.90 Å². The standard InChI is InChI=1S/C10H16N2O2/c1-8(13)10(14)12-6-5-11-4-2-3-9(11)7-12/h9H,2-7H2,1H3. The maximum atomic E-state index is 11.4. The first kappa shape index (κ1) is 9.65. The molecule has 2 aliphatic heterocycles. The number of fused-ring (bicyclic) bond motifs is 1. The number of ketones is 1. The van der Waals surface area contributed by atoms with Crippen LogP contribution in [0.25, 0.3) is 0 Å². The van der Waals surface area contributed by atoms with Crippen molar-refractivity contribution >= 4 is 11.7 Å². The number of rotatable bonds is 1. The summed E-state index contributed by atoms with van der Waals surface area (Å²) in [5, 5.41) is 0. The second kappa shape index (κ2) is 3.69. The zero-order chi connectivity index (χ0) is 10.1. The molecule has 0 aromatic carbocycles. The Labute approximate surface area is 83.9 Å². The number of hydrogen-bond acceptors (Lipinski definition) is 3. The predicted molar refractivity (Wildman–Crippen MR) is 51.9 cm³/mol. The van der Waals surface area contributed by atoms with Gasteiger partial charge in [-0.1, -0.05) is 0 Å². The van der Waals surface area contributed by atoms with E-state index in [-0.39, 0.29) is 11.7 Å². The van der Waals surface area contributed by atoms with Crippen molar-refractivity contribution in [3.63, 3.8) is 0 Å². The van der Waals surface area contributed by atoms with E-state index in [1.807, 2.05) is 0 Å². The molecule has 0 bridgehead atoms. The zero-order valence-corrected chi connectivity index (χ0v) is 8.53. The van der Waals surface area contributed by atoms with Gasteiger partial charge in [0.25, 0.3) is 5.91 Å². The number of amides is 1. The molecule has 2 fully saturated rings. The molecule has 1 atom stereocenters. The molecule has 0 aromatic heterocycles. The van der Waals surface area contributed by atoms with Gasteiger partial charge in [-0.25, -0.2) is 0 Å². The first-order valence-electron chi connectivity index (χ1n) is 5.22. The molecule has 2 saturated heterocycles. The molecule has 4 nitrogen and oxygen atoms in total. The fourth-order valence-corrected chi connectivity index (χ4v) is 2.40. The number of piperazine rings is 1. The van der Waals surface area contributed by atoms with Gasteiger partial charge in [-0.15, -0.1) is 0 Å². The van der Waals surface area contributed by atoms with Crippen LogP contribution in [0.1, 0.15) is 19.8 Å². The molecule has 2 aliphatic rings. The Hall–Kier alpha value is -0.900. The highest BCUT2D eigenvalue weighted by Gasteiger charge is 2.33. The summed E-state index contributed by atoms with van der Waals surface area (Å²) in [6.07, 6.45) is 2.40. The Bertz CT molecular complexity index is 265. The molecule has 0 N–H and O–H groups in total. The van der Waals surface area contributed by atoms with Gasteiger partial charge in [0, 0.05) is 32.6 Å². The van der Waals surface area contributed by atoms with E-state index in [1.165, 1.54) is 19.8 Å². The Balaban J connectivity index is 1.97. The Morgan fingerprint density at radius 3 is 2.71 bits per heavy atom. The maximum absolute atomic E-state index is 11.4. The third-order valence-corrected chi connectivity index (χ3v) is 3.18. The fourth-order valence-electron chi connectivity index (χ4n) is 2.40. The van der Waals surface area contributed by atoms with Crippen molar-refractivity contribution in [1.29, 1.82) is 0 Å². The Morgan fingerprint density at radius 2 is 2.00 bits per heavy atom. The largest absolute Gasteiger partial charge is 0.333 e. The van der Waals surface area contributed by atoms with Gasteiger partial charge < -0.3 is 4.90 Å². The van der Waals surface area contributed by atoms with Crippen LogP contribution in [-0.4, -0.2) is 53.7 Å². The minimum atomic E-state index is -0.337. The highest BCUT2D eigenvalue weighted by Crippen LogP contribution is 2.21. The lowest BCUT2D eigenvalue weighted by atomic mass is 10.1. The number of nitrogens with zero attached hydrogens (tertiary/aromatic N) is 2. The molecule has 2 rings (SSSR count). The number of carbonyl (C=O) groups is 2. The lowest BCUT2D eigenvalue weighted by Gasteiger charge is -2.36. The summed E-state index contributed by atoms with van der Waals surface area (Å²) in [5.74, 6) is -0.645. The van der Waals surface area contributed by atoms with Gasteiger partial charge >= 0.3 is 0 Å². The van der Waals surface area contributed by atoms with Crippen molar-refractivity contribution in [2.75, 3.05) is 26.2 Å². The summed E-state index contributed by atoms with van der Waals surface area (Å²) in [7, 11) is 0. The molecule has 0 aliphatic carbocycles. The van der Waals surface area contributed by atoms with Crippen molar-refractivity contribution < 1.29 is 9.59 Å². The van der Waals surface area contributed by atoms with E-state index in [4.69, 9.17) is 0 Å². The van der Waals surface area contributed by atoms with E-state index in [0.717, 1.165) is 26.2 Å². The highest BCUT2D eigenvalue weighted by molar-refractivity contribution is 6.35. The SMILES string of the molecule is CC(=O)C(=O)N1CCN2CCCC2C1. The number of Topliss-reactive ketones (excluding diaryl/α,β-unsaturated/α-hetero) is 1. The first-order valence-corrected chi connectivity index (χ1v) is 5.22. The normalized spacial score (nSPS) is 27.5. The molecule has 0 spiro atoms. The molecule has 2 heterocycles. The molecule has 0 aromatic rings. The maximum Gasteiger partial charge on any atom is 0.289 e. The van der Waals surface area contributed by atoms with Gasteiger partial charge in [-0.3, -0.25) is 14.5 Å². The van der Waals surface area contributed by atoms with Crippen molar-refractivity contribution in [1.82, 2.24) is 9.80 Å². The lowest BCUT2D eigenvalue weighted by Crippen LogP contribution is -2.53. The van der Waals surface area contributed by atoms with Crippen LogP contribution in [0.5, 0.6) is 0 Å². The molecule has 0 radical (unpaired) electrons. The average Bonchev–Trinajstić information content (AvgIpc) is 2.62. The second-order valence-electron chi connectivity index (χ2n) is 4.14. The van der Waals surface area contributed by atoms with Crippen molar-refractivity contribution in [2.45, 2.75) is 25.8 Å². The molecular formula is C10H16N2O2. The van der Waals surface area contributed by atoms with Gasteiger partial charge in [0.2, 0.25) is 5.78 Å². The molecule has 1 amide bonds. The summed E-state index contributed by atoms with van der Waals surface area (Å²) in [6, 6.07) is 0.507. The molecule has 4 heteroatoms. The average molecular weight is 196 g/mol. The van der Waals surface area contributed by atoms with Gasteiger partial charge in [-0.2, -0.15) is 0 Å². The summed E-state index contributed by atoms with van der Waals surface area (Å²) in [4.78, 5) is 26.5. The van der Waals surface area contributed by atoms with Crippen LogP contribution in [0.2, 0.25) is 0 Å². The summed E-state index contributed by atoms with van der Waals surface area (Å²) in [6.45, 7) is 4.91. The van der Waals surface area contributed by atoms with Crippen molar-refractivity contribution in [3.05, 3.63) is 0 Å². The quantitative estimate of drug-likeness (QED) is 0.549. The van der Waals surface area contributed by atoms with Crippen LogP contribution in [0.15, 0.2) is 0 Å². The Kier molecular flexibility index (Phi) is 2.54. The monoisotopic (exact) mass is 196 g/mol. The minimum Gasteiger partial charge on any atom is -0.333 e. The van der Waals surface area contributed by atoms with E-state index in [9.17, 15) is 9.59 Å². The van der Waals surface area contributed by atoms with Gasteiger partial charge in [0.1, 0.15) is 0 Å². The zero-order valence-electron chi connectivity index (χ0n) is 8.53. The van der Waals surface area contributed by atoms with E-state index in [2.05, 4.69) is 4.90 Å². The third kappa shape index (κ3) is 1.66. The van der Waals surface area contributed by atoms with Crippen LogP contribution >= 0.6 is 0 Å². The summed E-state index contributed by atoms with van der Waals surface area (Å²) < 4.78 is 0. The molecule has 0 saturated carbocycles. The van der Waals surface area contributed by atoms with Crippen LogP contribution in [0, 0.1) is 0 Å². The minimum absolute atomic E-state index is 0.309. The Morgan fingerprint density at radius 1 is 1.21 bits per heavy atom. The number of hydrogen-bond donors (Lipinski definition) is 0. The van der Waals surface area contributed by atoms with Gasteiger partial charge in [-0.05, 0) is 19.4 Å². The topological polar surface area (TPSA) is 40.6 Å². The first-order chi connectivity index (χ1) is 6.68. The second-order valence-corrected chi connectivity index (χ2v) is 4.14. The number of carbonyl (C=O) groups excluding carboxylic acids is 2.